The lowest BCUT2D eigenvalue weighted by Gasteiger charge is -2.13. The summed E-state index contributed by atoms with van der Waals surface area (Å²) in [6.45, 7) is 0. The van der Waals surface area contributed by atoms with Crippen molar-refractivity contribution in [3.05, 3.63) is 0 Å². The molecule has 10 heavy (non-hydrogen) atoms. The molecule has 0 atom stereocenters. The van der Waals surface area contributed by atoms with Crippen LogP contribution in [0.4, 0.5) is 0 Å². The summed E-state index contributed by atoms with van der Waals surface area (Å²) in [4.78, 5) is 0. The van der Waals surface area contributed by atoms with Crippen LogP contribution >= 0.6 is 0 Å². The first kappa shape index (κ1) is 7.90. The van der Waals surface area contributed by atoms with Crippen LogP contribution in [0, 0.1) is 0 Å². The normalized spacial score (nSPS) is 55.5. The Morgan fingerprint density at radius 3 is 0.600 bits per heavy atom. The molecule has 0 heterocycles. The second kappa shape index (κ2) is 2.44. The maximum absolute atomic E-state index is 5.59. The van der Waals surface area contributed by atoms with Gasteiger partial charge in [-0.3, -0.25) is 0 Å². The molecule has 1 saturated carbocycles. The van der Waals surface area contributed by atoms with Crippen LogP contribution in [0.25, 0.3) is 0 Å². The zero-order valence-corrected chi connectivity index (χ0v) is 5.77. The Labute approximate surface area is 59.9 Å². The third-order valence-electron chi connectivity index (χ3n) is 2.22. The van der Waals surface area contributed by atoms with E-state index >= 15 is 0 Å². The molecule has 0 aromatic rings. The predicted molar refractivity (Wildman–Crippen MR) is 39.9 cm³/mol. The highest BCUT2D eigenvalue weighted by Gasteiger charge is 2.41. The largest absolute Gasteiger partial charge is 0.325 e. The van der Waals surface area contributed by atoms with Gasteiger partial charge in [-0.2, -0.15) is 0 Å². The molecule has 0 unspecified atom stereocenters. The van der Waals surface area contributed by atoms with Gasteiger partial charge >= 0.3 is 0 Å². The van der Waals surface area contributed by atoms with E-state index in [4.69, 9.17) is 28.7 Å². The predicted octanol–water partition coefficient (Wildman–Crippen LogP) is -3.36. The summed E-state index contributed by atoms with van der Waals surface area (Å²) >= 11 is 0. The molecule has 10 N–H and O–H groups in total. The maximum atomic E-state index is 5.59. The molecule has 5 heteroatoms. The fourth-order valence-corrected chi connectivity index (χ4v) is 1.28. The van der Waals surface area contributed by atoms with Crippen molar-refractivity contribution in [1.82, 2.24) is 0 Å². The SMILES string of the molecule is NC1[C@H](N)C(N)[C@H](N)[C@@H]1N. The highest BCUT2D eigenvalue weighted by atomic mass is 15.0. The maximum Gasteiger partial charge on any atom is 0.0378 e. The molecule has 1 aliphatic carbocycles. The first-order valence-electron chi connectivity index (χ1n) is 3.33. The van der Waals surface area contributed by atoms with Crippen molar-refractivity contribution >= 4 is 0 Å². The summed E-state index contributed by atoms with van der Waals surface area (Å²) in [6, 6.07) is -1.30. The van der Waals surface area contributed by atoms with E-state index in [-0.39, 0.29) is 30.2 Å². The van der Waals surface area contributed by atoms with Crippen LogP contribution in [-0.2, 0) is 0 Å². The van der Waals surface area contributed by atoms with Crippen LogP contribution in [0.5, 0.6) is 0 Å². The highest BCUT2D eigenvalue weighted by Crippen LogP contribution is 2.12. The molecule has 0 saturated heterocycles. The Bertz CT molecular complexity index is 82.4. The Morgan fingerprint density at radius 1 is 0.400 bits per heavy atom. The van der Waals surface area contributed by atoms with Crippen LogP contribution in [0.15, 0.2) is 0 Å². The number of hydrogen-bond donors (Lipinski definition) is 5. The molecule has 0 aliphatic heterocycles. The van der Waals surface area contributed by atoms with Crippen molar-refractivity contribution in [3.63, 3.8) is 0 Å². The van der Waals surface area contributed by atoms with Crippen LogP contribution in [-0.4, -0.2) is 30.2 Å². The van der Waals surface area contributed by atoms with E-state index in [1.807, 2.05) is 0 Å². The molecule has 0 aromatic carbocycles. The lowest BCUT2D eigenvalue weighted by Crippen LogP contribution is -2.50. The highest BCUT2D eigenvalue weighted by molar-refractivity contribution is 5.09. The second-order valence-corrected chi connectivity index (χ2v) is 2.89. The molecule has 0 spiro atoms. The van der Waals surface area contributed by atoms with E-state index in [9.17, 15) is 0 Å². The molecule has 0 radical (unpaired) electrons. The standard InChI is InChI=1S/C5H15N5/c6-1-2(7)4(9)5(10)3(1)8/h1-5H,6-10H2. The van der Waals surface area contributed by atoms with Crippen LogP contribution in [0.3, 0.4) is 0 Å². The quantitative estimate of drug-likeness (QED) is 0.243. The van der Waals surface area contributed by atoms with Crippen molar-refractivity contribution in [2.75, 3.05) is 0 Å². The summed E-state index contributed by atoms with van der Waals surface area (Å²) in [5.41, 5.74) is 28.0. The summed E-state index contributed by atoms with van der Waals surface area (Å²) < 4.78 is 0. The second-order valence-electron chi connectivity index (χ2n) is 2.89. The smallest absolute Gasteiger partial charge is 0.0378 e. The van der Waals surface area contributed by atoms with Gasteiger partial charge in [-0.1, -0.05) is 0 Å². The van der Waals surface area contributed by atoms with Crippen molar-refractivity contribution in [3.8, 4) is 0 Å². The molecule has 0 bridgehead atoms. The van der Waals surface area contributed by atoms with Crippen LogP contribution in [0.1, 0.15) is 0 Å². The van der Waals surface area contributed by atoms with Gasteiger partial charge in [-0.05, 0) is 0 Å². The third kappa shape index (κ3) is 0.920. The molecule has 0 aromatic heterocycles. The van der Waals surface area contributed by atoms with Gasteiger partial charge in [0.1, 0.15) is 0 Å². The molecule has 0 amide bonds. The molecular formula is C5H15N5. The van der Waals surface area contributed by atoms with E-state index < -0.39 is 0 Å². The van der Waals surface area contributed by atoms with Crippen molar-refractivity contribution in [2.24, 2.45) is 28.7 Å². The average molecular weight is 145 g/mol. The fraction of sp³-hybridized carbons (Fsp3) is 1.00. The molecule has 5 nitrogen and oxygen atoms in total. The van der Waals surface area contributed by atoms with Gasteiger partial charge in [0.15, 0.2) is 0 Å². The Morgan fingerprint density at radius 2 is 0.500 bits per heavy atom. The average Bonchev–Trinajstić information content (AvgIpc) is 2.07. The van der Waals surface area contributed by atoms with Gasteiger partial charge in [-0.25, -0.2) is 0 Å². The van der Waals surface area contributed by atoms with Gasteiger partial charge in [0.25, 0.3) is 0 Å². The van der Waals surface area contributed by atoms with E-state index in [1.54, 1.807) is 0 Å². The monoisotopic (exact) mass is 145 g/mol. The Balaban J connectivity index is 2.68. The third-order valence-corrected chi connectivity index (χ3v) is 2.22. The molecular weight excluding hydrogens is 130 g/mol. The first-order chi connectivity index (χ1) is 4.55. The summed E-state index contributed by atoms with van der Waals surface area (Å²) in [6.07, 6.45) is 0. The first-order valence-corrected chi connectivity index (χ1v) is 3.33. The number of rotatable bonds is 0. The van der Waals surface area contributed by atoms with Crippen molar-refractivity contribution < 1.29 is 0 Å². The van der Waals surface area contributed by atoms with Crippen LogP contribution in [0.2, 0.25) is 0 Å². The molecule has 60 valence electrons. The minimum absolute atomic E-state index is 0.259. The summed E-state index contributed by atoms with van der Waals surface area (Å²) in [5, 5.41) is 0. The molecule has 1 fully saturated rings. The molecule has 1 rings (SSSR count). The van der Waals surface area contributed by atoms with Gasteiger partial charge < -0.3 is 28.7 Å². The van der Waals surface area contributed by atoms with E-state index in [1.165, 1.54) is 0 Å². The van der Waals surface area contributed by atoms with E-state index in [0.717, 1.165) is 0 Å². The van der Waals surface area contributed by atoms with Crippen LogP contribution < -0.4 is 28.7 Å². The van der Waals surface area contributed by atoms with Gasteiger partial charge in [0.05, 0.1) is 0 Å². The number of hydrogen-bond acceptors (Lipinski definition) is 5. The zero-order valence-electron chi connectivity index (χ0n) is 5.77. The van der Waals surface area contributed by atoms with Gasteiger partial charge in [-0.15, -0.1) is 0 Å². The lowest BCUT2D eigenvalue weighted by molar-refractivity contribution is 0.535. The fourth-order valence-electron chi connectivity index (χ4n) is 1.28. The van der Waals surface area contributed by atoms with Gasteiger partial charge in [0, 0.05) is 30.2 Å². The van der Waals surface area contributed by atoms with Crippen molar-refractivity contribution in [1.29, 1.82) is 0 Å². The van der Waals surface area contributed by atoms with E-state index in [0.29, 0.717) is 0 Å². The Kier molecular flexibility index (Phi) is 1.93. The summed E-state index contributed by atoms with van der Waals surface area (Å²) in [7, 11) is 0. The minimum atomic E-state index is -0.259. The zero-order chi connectivity index (χ0) is 7.89. The van der Waals surface area contributed by atoms with Gasteiger partial charge in [0.2, 0.25) is 0 Å². The minimum Gasteiger partial charge on any atom is -0.325 e. The lowest BCUT2D eigenvalue weighted by atomic mass is 10.1. The molecule has 1 aliphatic rings. The topological polar surface area (TPSA) is 130 Å². The summed E-state index contributed by atoms with van der Waals surface area (Å²) in [5.74, 6) is 0. The van der Waals surface area contributed by atoms with Crippen molar-refractivity contribution in [2.45, 2.75) is 30.2 Å². The number of nitrogens with two attached hydrogens (primary N) is 5. The van der Waals surface area contributed by atoms with E-state index in [2.05, 4.69) is 0 Å². The Hall–Kier alpha value is -0.200.